The number of benzene rings is 2. The van der Waals surface area contributed by atoms with Crippen molar-refractivity contribution in [2.75, 3.05) is 31.1 Å². The number of nitrogens with zero attached hydrogens (tertiary/aromatic N) is 2. The van der Waals surface area contributed by atoms with Gasteiger partial charge in [-0.05, 0) is 55.9 Å². The van der Waals surface area contributed by atoms with Gasteiger partial charge in [0.25, 0.3) is 5.56 Å². The van der Waals surface area contributed by atoms with E-state index in [0.717, 1.165) is 67.3 Å². The van der Waals surface area contributed by atoms with Crippen molar-refractivity contribution in [2.24, 2.45) is 5.92 Å². The average Bonchev–Trinajstić information content (AvgIpc) is 2.84. The number of anilines is 1. The van der Waals surface area contributed by atoms with Crippen LogP contribution in [0.4, 0.5) is 5.69 Å². The van der Waals surface area contributed by atoms with E-state index in [9.17, 15) is 9.59 Å². The topological polar surface area (TPSA) is 56.4 Å². The Labute approximate surface area is 193 Å². The van der Waals surface area contributed by atoms with Crippen LogP contribution >= 0.6 is 11.6 Å². The van der Waals surface area contributed by atoms with Crippen molar-refractivity contribution in [1.82, 2.24) is 9.88 Å². The molecule has 2 saturated heterocycles. The Morgan fingerprint density at radius 1 is 0.969 bits per heavy atom. The number of nitrogens with one attached hydrogen (secondary N) is 1. The third-order valence-electron chi connectivity index (χ3n) is 6.77. The minimum absolute atomic E-state index is 0.0695. The number of aromatic nitrogens is 1. The Morgan fingerprint density at radius 2 is 1.75 bits per heavy atom. The summed E-state index contributed by atoms with van der Waals surface area (Å²) in [4.78, 5) is 33.8. The van der Waals surface area contributed by atoms with Gasteiger partial charge in [0.05, 0.1) is 5.92 Å². The quantitative estimate of drug-likeness (QED) is 0.606. The van der Waals surface area contributed by atoms with Crippen molar-refractivity contribution < 1.29 is 4.79 Å². The maximum Gasteiger partial charge on any atom is 0.272 e. The van der Waals surface area contributed by atoms with Crippen molar-refractivity contribution in [2.45, 2.75) is 32.1 Å². The fraction of sp³-hybridized carbons (Fsp3) is 0.385. The summed E-state index contributed by atoms with van der Waals surface area (Å²) in [5.41, 5.74) is 3.15. The minimum atomic E-state index is -0.121. The first-order valence-electron chi connectivity index (χ1n) is 11.6. The van der Waals surface area contributed by atoms with Crippen LogP contribution in [0.1, 0.15) is 32.1 Å². The summed E-state index contributed by atoms with van der Waals surface area (Å²) in [5.74, 6) is 0.177. The molecular formula is C26H28ClN3O2. The van der Waals surface area contributed by atoms with E-state index in [1.54, 1.807) is 6.07 Å². The number of carbonyl (C=O) groups is 1. The Balaban J connectivity index is 1.58. The van der Waals surface area contributed by atoms with E-state index in [2.05, 4.69) is 9.88 Å². The number of aromatic amines is 1. The van der Waals surface area contributed by atoms with Crippen LogP contribution in [0.25, 0.3) is 22.0 Å². The summed E-state index contributed by atoms with van der Waals surface area (Å²) in [5, 5.41) is 1.55. The second kappa shape index (κ2) is 8.99. The van der Waals surface area contributed by atoms with Crippen LogP contribution in [0.5, 0.6) is 0 Å². The summed E-state index contributed by atoms with van der Waals surface area (Å²) in [6.07, 6.45) is 5.15. The number of likely N-dealkylation sites (tertiary alicyclic amines) is 1. The Bertz CT molecular complexity index is 1180. The predicted molar refractivity (Wildman–Crippen MR) is 130 cm³/mol. The first-order valence-corrected chi connectivity index (χ1v) is 11.9. The third kappa shape index (κ3) is 4.02. The Kier molecular flexibility index (Phi) is 5.92. The first kappa shape index (κ1) is 21.1. The van der Waals surface area contributed by atoms with Gasteiger partial charge in [-0.1, -0.05) is 41.9 Å². The molecule has 0 radical (unpaired) electrons. The monoisotopic (exact) mass is 449 g/mol. The van der Waals surface area contributed by atoms with Crippen LogP contribution in [-0.2, 0) is 4.79 Å². The van der Waals surface area contributed by atoms with Gasteiger partial charge in [-0.3, -0.25) is 9.59 Å². The van der Waals surface area contributed by atoms with E-state index in [1.807, 2.05) is 47.4 Å². The van der Waals surface area contributed by atoms with Crippen LogP contribution in [0.3, 0.4) is 0 Å². The SMILES string of the molecule is O=C([C@H]1CCCN(c2c(-c3ccccc3)c3cc(Cl)ccc3[nH]c2=O)C1)N1CCCCC1. The number of H-pyrrole nitrogens is 1. The van der Waals surface area contributed by atoms with Crippen molar-refractivity contribution in [3.63, 3.8) is 0 Å². The molecule has 166 valence electrons. The molecule has 2 aliphatic heterocycles. The lowest BCUT2D eigenvalue weighted by molar-refractivity contribution is -0.136. The van der Waals surface area contributed by atoms with Gasteiger partial charge in [0.15, 0.2) is 0 Å². The lowest BCUT2D eigenvalue weighted by Gasteiger charge is -2.37. The number of halogens is 1. The molecule has 2 fully saturated rings. The largest absolute Gasteiger partial charge is 0.366 e. The fourth-order valence-electron chi connectivity index (χ4n) is 5.21. The molecule has 0 bridgehead atoms. The molecule has 3 heterocycles. The van der Waals surface area contributed by atoms with E-state index in [4.69, 9.17) is 11.6 Å². The van der Waals surface area contributed by atoms with E-state index < -0.39 is 0 Å². The van der Waals surface area contributed by atoms with Gasteiger partial charge in [0.2, 0.25) is 5.91 Å². The van der Waals surface area contributed by atoms with Gasteiger partial charge < -0.3 is 14.8 Å². The predicted octanol–water partition coefficient (Wildman–Crippen LogP) is 5.08. The molecule has 32 heavy (non-hydrogen) atoms. The van der Waals surface area contributed by atoms with Crippen molar-refractivity contribution in [3.8, 4) is 11.1 Å². The second-order valence-electron chi connectivity index (χ2n) is 8.90. The zero-order chi connectivity index (χ0) is 22.1. The summed E-state index contributed by atoms with van der Waals surface area (Å²) in [7, 11) is 0. The molecule has 6 heteroatoms. The number of fused-ring (bicyclic) bond motifs is 1. The van der Waals surface area contributed by atoms with Gasteiger partial charge >= 0.3 is 0 Å². The molecule has 5 nitrogen and oxygen atoms in total. The molecule has 1 amide bonds. The lowest BCUT2D eigenvalue weighted by atomic mass is 9.93. The van der Waals surface area contributed by atoms with E-state index in [1.165, 1.54) is 6.42 Å². The highest BCUT2D eigenvalue weighted by atomic mass is 35.5. The molecule has 5 rings (SSSR count). The molecular weight excluding hydrogens is 422 g/mol. The normalized spacial score (nSPS) is 19.3. The second-order valence-corrected chi connectivity index (χ2v) is 9.34. The number of hydrogen-bond acceptors (Lipinski definition) is 3. The standard InChI is InChI=1S/C26H28ClN3O2/c27-20-11-12-22-21(16-20)23(18-8-3-1-4-9-18)24(25(31)28-22)30-15-7-10-19(17-30)26(32)29-13-5-2-6-14-29/h1,3-4,8-9,11-12,16,19H,2,5-7,10,13-15,17H2,(H,28,31)/t19-/m0/s1. The van der Waals surface area contributed by atoms with Crippen molar-refractivity contribution in [1.29, 1.82) is 0 Å². The van der Waals surface area contributed by atoms with E-state index >= 15 is 0 Å². The Hall–Kier alpha value is -2.79. The van der Waals surface area contributed by atoms with Crippen LogP contribution < -0.4 is 10.5 Å². The molecule has 0 aliphatic carbocycles. The average molecular weight is 450 g/mol. The van der Waals surface area contributed by atoms with E-state index in [0.29, 0.717) is 17.3 Å². The zero-order valence-electron chi connectivity index (χ0n) is 18.1. The number of hydrogen-bond donors (Lipinski definition) is 1. The van der Waals surface area contributed by atoms with Gasteiger partial charge in [0.1, 0.15) is 5.69 Å². The van der Waals surface area contributed by atoms with Gasteiger partial charge in [0, 0.05) is 47.7 Å². The van der Waals surface area contributed by atoms with Gasteiger partial charge in [-0.25, -0.2) is 0 Å². The first-order chi connectivity index (χ1) is 15.6. The minimum Gasteiger partial charge on any atom is -0.366 e. The molecule has 0 unspecified atom stereocenters. The maximum absolute atomic E-state index is 13.4. The Morgan fingerprint density at radius 3 is 2.53 bits per heavy atom. The summed E-state index contributed by atoms with van der Waals surface area (Å²) >= 11 is 6.35. The number of rotatable bonds is 3. The maximum atomic E-state index is 13.4. The van der Waals surface area contributed by atoms with Crippen LogP contribution in [-0.4, -0.2) is 42.0 Å². The van der Waals surface area contributed by atoms with Crippen LogP contribution in [0.15, 0.2) is 53.3 Å². The van der Waals surface area contributed by atoms with Crippen molar-refractivity contribution >= 4 is 34.1 Å². The summed E-state index contributed by atoms with van der Waals surface area (Å²) < 4.78 is 0. The fourth-order valence-corrected chi connectivity index (χ4v) is 5.38. The molecule has 2 aliphatic rings. The number of amides is 1. The zero-order valence-corrected chi connectivity index (χ0v) is 18.9. The molecule has 1 atom stereocenters. The van der Waals surface area contributed by atoms with Crippen molar-refractivity contribution in [3.05, 3.63) is 63.9 Å². The smallest absolute Gasteiger partial charge is 0.272 e. The van der Waals surface area contributed by atoms with Crippen LogP contribution in [0.2, 0.25) is 5.02 Å². The summed E-state index contributed by atoms with van der Waals surface area (Å²) in [6, 6.07) is 15.6. The molecule has 0 spiro atoms. The number of carbonyl (C=O) groups excluding carboxylic acids is 1. The van der Waals surface area contributed by atoms with Gasteiger partial charge in [-0.15, -0.1) is 0 Å². The highest BCUT2D eigenvalue weighted by Gasteiger charge is 2.32. The third-order valence-corrected chi connectivity index (χ3v) is 7.00. The molecule has 1 aromatic heterocycles. The molecule has 0 saturated carbocycles. The number of piperidine rings is 2. The number of pyridine rings is 1. The molecule has 2 aromatic carbocycles. The van der Waals surface area contributed by atoms with Crippen LogP contribution in [0, 0.1) is 5.92 Å². The van der Waals surface area contributed by atoms with E-state index in [-0.39, 0.29) is 17.4 Å². The summed E-state index contributed by atoms with van der Waals surface area (Å²) in [6.45, 7) is 3.06. The molecule has 3 aromatic rings. The lowest BCUT2D eigenvalue weighted by Crippen LogP contribution is -2.47. The highest BCUT2D eigenvalue weighted by molar-refractivity contribution is 6.31. The molecule has 1 N–H and O–H groups in total. The van der Waals surface area contributed by atoms with Gasteiger partial charge in [-0.2, -0.15) is 0 Å². The highest BCUT2D eigenvalue weighted by Crippen LogP contribution is 2.37.